The summed E-state index contributed by atoms with van der Waals surface area (Å²) in [6.45, 7) is 5.62. The Balaban J connectivity index is 1.93. The number of aromatic amines is 1. The molecule has 0 saturated heterocycles. The van der Waals surface area contributed by atoms with E-state index in [0.29, 0.717) is 12.2 Å². The molecule has 3 aromatic rings. The molecule has 1 amide bonds. The van der Waals surface area contributed by atoms with Crippen molar-refractivity contribution in [2.24, 2.45) is 0 Å². The first-order chi connectivity index (χ1) is 11.6. The van der Waals surface area contributed by atoms with Crippen molar-refractivity contribution in [1.29, 1.82) is 0 Å². The second kappa shape index (κ2) is 6.54. The van der Waals surface area contributed by atoms with Crippen LogP contribution in [0.1, 0.15) is 24.0 Å². The minimum atomic E-state index is -1.09. The Hall–Kier alpha value is -3.15. The fraction of sp³-hybridized carbons (Fsp3) is 0.167. The van der Waals surface area contributed by atoms with E-state index in [9.17, 15) is 4.79 Å². The monoisotopic (exact) mass is 322 g/mol. The third kappa shape index (κ3) is 3.27. The number of pyridine rings is 1. The molecular formula is C18H18N4O2. The normalized spacial score (nSPS) is 12.0. The number of aryl methyl sites for hydroxylation is 1. The second-order valence-corrected chi connectivity index (χ2v) is 5.56. The molecule has 1 atom stereocenters. The van der Waals surface area contributed by atoms with E-state index in [1.807, 2.05) is 37.3 Å². The number of carboxylic acid groups (broad SMARTS) is 1. The summed E-state index contributed by atoms with van der Waals surface area (Å²) in [7, 11) is 0. The zero-order valence-electron chi connectivity index (χ0n) is 13.3. The minimum absolute atomic E-state index is 0.446. The summed E-state index contributed by atoms with van der Waals surface area (Å²) in [5.41, 5.74) is 3.62. The fourth-order valence-corrected chi connectivity index (χ4v) is 2.60. The summed E-state index contributed by atoms with van der Waals surface area (Å²) in [6.07, 6.45) is 2.80. The van der Waals surface area contributed by atoms with Crippen LogP contribution in [0.5, 0.6) is 0 Å². The third-order valence-corrected chi connectivity index (χ3v) is 3.75. The van der Waals surface area contributed by atoms with Gasteiger partial charge in [-0.15, -0.1) is 6.58 Å². The molecule has 0 aliphatic heterocycles. The van der Waals surface area contributed by atoms with Crippen molar-refractivity contribution in [3.8, 4) is 11.3 Å². The Morgan fingerprint density at radius 3 is 2.96 bits per heavy atom. The van der Waals surface area contributed by atoms with E-state index in [-0.39, 0.29) is 0 Å². The predicted molar refractivity (Wildman–Crippen MR) is 92.8 cm³/mol. The summed E-state index contributed by atoms with van der Waals surface area (Å²) in [4.78, 5) is 23.0. The maximum atomic E-state index is 10.9. The molecule has 6 heteroatoms. The molecule has 0 radical (unpaired) electrons. The van der Waals surface area contributed by atoms with Crippen LogP contribution in [-0.2, 0) is 0 Å². The molecule has 0 aliphatic rings. The number of hydrogen-bond acceptors (Lipinski definition) is 3. The number of carbonyl (C=O) groups is 1. The number of amides is 1. The average molecular weight is 322 g/mol. The van der Waals surface area contributed by atoms with Gasteiger partial charge in [0, 0.05) is 22.8 Å². The molecule has 0 fully saturated rings. The summed E-state index contributed by atoms with van der Waals surface area (Å²) in [6, 6.07) is 9.50. The standard InChI is InChI=1S/C18H18N4O2/c1-3-4-15(22-18(23)24)17-19-10-16(21-17)13-7-8-14-12(9-13)6-5-11(2)20-14/h3,5-10,15,22H,1,4H2,2H3,(H,19,21)(H,23,24). The quantitative estimate of drug-likeness (QED) is 0.623. The highest BCUT2D eigenvalue weighted by atomic mass is 16.4. The van der Waals surface area contributed by atoms with Gasteiger partial charge in [-0.1, -0.05) is 18.2 Å². The molecule has 0 bridgehead atoms. The van der Waals surface area contributed by atoms with Gasteiger partial charge in [-0.3, -0.25) is 4.98 Å². The van der Waals surface area contributed by atoms with Gasteiger partial charge in [-0.05, 0) is 31.5 Å². The molecule has 6 nitrogen and oxygen atoms in total. The number of nitrogens with one attached hydrogen (secondary N) is 2. The number of aromatic nitrogens is 3. The van der Waals surface area contributed by atoms with E-state index in [2.05, 4.69) is 26.8 Å². The number of nitrogens with zero attached hydrogens (tertiary/aromatic N) is 2. The topological polar surface area (TPSA) is 90.9 Å². The number of hydrogen-bond donors (Lipinski definition) is 3. The van der Waals surface area contributed by atoms with Gasteiger partial charge in [0.2, 0.25) is 0 Å². The van der Waals surface area contributed by atoms with Crippen LogP contribution >= 0.6 is 0 Å². The summed E-state index contributed by atoms with van der Waals surface area (Å²) >= 11 is 0. The van der Waals surface area contributed by atoms with Crippen molar-refractivity contribution in [3.05, 3.63) is 60.7 Å². The van der Waals surface area contributed by atoms with Crippen molar-refractivity contribution in [2.45, 2.75) is 19.4 Å². The molecule has 1 aromatic carbocycles. The van der Waals surface area contributed by atoms with Crippen LogP contribution < -0.4 is 5.32 Å². The molecule has 2 heterocycles. The third-order valence-electron chi connectivity index (χ3n) is 3.75. The van der Waals surface area contributed by atoms with Gasteiger partial charge in [-0.25, -0.2) is 9.78 Å². The lowest BCUT2D eigenvalue weighted by molar-refractivity contribution is 0.189. The molecule has 24 heavy (non-hydrogen) atoms. The number of rotatable bonds is 5. The minimum Gasteiger partial charge on any atom is -0.465 e. The Bertz CT molecular complexity index is 901. The average Bonchev–Trinajstić information content (AvgIpc) is 3.03. The molecule has 3 N–H and O–H groups in total. The molecule has 0 aliphatic carbocycles. The Kier molecular flexibility index (Phi) is 4.29. The van der Waals surface area contributed by atoms with Gasteiger partial charge in [0.05, 0.1) is 17.3 Å². The van der Waals surface area contributed by atoms with Crippen LogP contribution in [0, 0.1) is 6.92 Å². The van der Waals surface area contributed by atoms with Crippen LogP contribution in [0.15, 0.2) is 49.2 Å². The first-order valence-corrected chi connectivity index (χ1v) is 7.60. The Morgan fingerprint density at radius 2 is 2.21 bits per heavy atom. The van der Waals surface area contributed by atoms with Crippen LogP contribution in [0.4, 0.5) is 4.79 Å². The zero-order chi connectivity index (χ0) is 17.1. The van der Waals surface area contributed by atoms with Crippen LogP contribution in [0.3, 0.4) is 0 Å². The van der Waals surface area contributed by atoms with E-state index in [1.54, 1.807) is 12.3 Å². The van der Waals surface area contributed by atoms with Gasteiger partial charge in [0.1, 0.15) is 5.82 Å². The number of fused-ring (bicyclic) bond motifs is 1. The maximum absolute atomic E-state index is 10.9. The Morgan fingerprint density at radius 1 is 1.38 bits per heavy atom. The van der Waals surface area contributed by atoms with Gasteiger partial charge < -0.3 is 15.4 Å². The van der Waals surface area contributed by atoms with E-state index in [1.165, 1.54) is 0 Å². The van der Waals surface area contributed by atoms with Crippen molar-refractivity contribution < 1.29 is 9.90 Å². The Labute approximate surface area is 139 Å². The van der Waals surface area contributed by atoms with Gasteiger partial charge in [0.25, 0.3) is 0 Å². The predicted octanol–water partition coefficient (Wildman–Crippen LogP) is 3.82. The summed E-state index contributed by atoms with van der Waals surface area (Å²) in [5.74, 6) is 0.564. The molecule has 122 valence electrons. The largest absolute Gasteiger partial charge is 0.465 e. The van der Waals surface area contributed by atoms with Gasteiger partial charge >= 0.3 is 6.09 Å². The van der Waals surface area contributed by atoms with Crippen molar-refractivity contribution >= 4 is 17.0 Å². The van der Waals surface area contributed by atoms with Crippen LogP contribution in [0.2, 0.25) is 0 Å². The first kappa shape index (κ1) is 15.7. The van der Waals surface area contributed by atoms with E-state index >= 15 is 0 Å². The van der Waals surface area contributed by atoms with Crippen molar-refractivity contribution in [1.82, 2.24) is 20.3 Å². The molecule has 1 unspecified atom stereocenters. The number of H-pyrrole nitrogens is 1. The summed E-state index contributed by atoms with van der Waals surface area (Å²) < 4.78 is 0. The number of benzene rings is 1. The highest BCUT2D eigenvalue weighted by Crippen LogP contribution is 2.24. The SMILES string of the molecule is C=CCC(NC(=O)O)c1nc(-c2ccc3nc(C)ccc3c2)c[nH]1. The maximum Gasteiger partial charge on any atom is 0.405 e. The zero-order valence-corrected chi connectivity index (χ0v) is 13.3. The van der Waals surface area contributed by atoms with Crippen LogP contribution in [-0.4, -0.2) is 26.2 Å². The van der Waals surface area contributed by atoms with Crippen molar-refractivity contribution in [3.63, 3.8) is 0 Å². The van der Waals surface area contributed by atoms with Gasteiger partial charge in [0.15, 0.2) is 0 Å². The fourth-order valence-electron chi connectivity index (χ4n) is 2.60. The molecular weight excluding hydrogens is 304 g/mol. The highest BCUT2D eigenvalue weighted by Gasteiger charge is 2.16. The lowest BCUT2D eigenvalue weighted by Gasteiger charge is -2.11. The van der Waals surface area contributed by atoms with Crippen LogP contribution in [0.25, 0.3) is 22.2 Å². The molecule has 0 saturated carbocycles. The summed E-state index contributed by atoms with van der Waals surface area (Å²) in [5, 5.41) is 12.4. The van der Waals surface area contributed by atoms with E-state index in [4.69, 9.17) is 5.11 Å². The lowest BCUT2D eigenvalue weighted by Crippen LogP contribution is -2.27. The molecule has 0 spiro atoms. The molecule has 2 aromatic heterocycles. The van der Waals surface area contributed by atoms with E-state index < -0.39 is 12.1 Å². The first-order valence-electron chi connectivity index (χ1n) is 7.60. The highest BCUT2D eigenvalue weighted by molar-refractivity contribution is 5.83. The van der Waals surface area contributed by atoms with Gasteiger partial charge in [-0.2, -0.15) is 0 Å². The second-order valence-electron chi connectivity index (χ2n) is 5.56. The van der Waals surface area contributed by atoms with Crippen molar-refractivity contribution in [2.75, 3.05) is 0 Å². The number of imidazole rings is 1. The lowest BCUT2D eigenvalue weighted by atomic mass is 10.1. The van der Waals surface area contributed by atoms with E-state index in [0.717, 1.165) is 27.9 Å². The molecule has 3 rings (SSSR count). The smallest absolute Gasteiger partial charge is 0.405 e.